The molecule has 0 spiro atoms. The maximum absolute atomic E-state index is 13.9. The lowest BCUT2D eigenvalue weighted by atomic mass is 9.74. The molecule has 22 heavy (non-hydrogen) atoms. The largest absolute Gasteiger partial charge is 0.390 e. The first-order valence-electron chi connectivity index (χ1n) is 8.21. The van der Waals surface area contributed by atoms with Gasteiger partial charge in [-0.15, -0.1) is 0 Å². The molecule has 126 valence electrons. The zero-order valence-corrected chi connectivity index (χ0v) is 13.5. The van der Waals surface area contributed by atoms with Crippen LogP contribution in [0.25, 0.3) is 0 Å². The van der Waals surface area contributed by atoms with Crippen molar-refractivity contribution in [2.24, 2.45) is 11.3 Å². The Kier molecular flexibility index (Phi) is 5.89. The highest BCUT2D eigenvalue weighted by atomic mass is 19.1. The van der Waals surface area contributed by atoms with Crippen molar-refractivity contribution in [1.29, 1.82) is 0 Å². The van der Waals surface area contributed by atoms with Crippen molar-refractivity contribution in [3.05, 3.63) is 12.7 Å². The van der Waals surface area contributed by atoms with Crippen LogP contribution in [0.4, 0.5) is 8.78 Å². The number of aliphatic hydroxyl groups excluding tert-OH is 1. The smallest absolute Gasteiger partial charge is 0.137 e. The number of halogens is 2. The van der Waals surface area contributed by atoms with E-state index in [4.69, 9.17) is 0 Å². The second-order valence-corrected chi connectivity index (χ2v) is 6.88. The van der Waals surface area contributed by atoms with E-state index in [1.54, 1.807) is 4.68 Å². The van der Waals surface area contributed by atoms with Gasteiger partial charge in [-0.3, -0.25) is 4.39 Å². The van der Waals surface area contributed by atoms with Crippen LogP contribution in [-0.4, -0.2) is 38.8 Å². The summed E-state index contributed by atoms with van der Waals surface area (Å²) in [5, 5.41) is 14.8. The van der Waals surface area contributed by atoms with E-state index in [0.29, 0.717) is 12.3 Å². The molecule has 0 saturated heterocycles. The van der Waals surface area contributed by atoms with E-state index in [1.165, 1.54) is 45.8 Å². The molecule has 0 aliphatic heterocycles. The lowest BCUT2D eigenvalue weighted by Gasteiger charge is -2.39. The Labute approximate surface area is 130 Å². The number of nitrogens with zero attached hydrogens (tertiary/aromatic N) is 3. The van der Waals surface area contributed by atoms with E-state index in [0.717, 1.165) is 12.8 Å². The van der Waals surface area contributed by atoms with Gasteiger partial charge in [0.1, 0.15) is 25.5 Å². The molecule has 1 aromatic rings. The summed E-state index contributed by atoms with van der Waals surface area (Å²) in [6.07, 6.45) is 6.86. The van der Waals surface area contributed by atoms with Crippen LogP contribution < -0.4 is 0 Å². The predicted molar refractivity (Wildman–Crippen MR) is 80.9 cm³/mol. The maximum atomic E-state index is 13.9. The van der Waals surface area contributed by atoms with Gasteiger partial charge in [0, 0.05) is 0 Å². The van der Waals surface area contributed by atoms with Crippen LogP contribution in [-0.2, 0) is 0 Å². The highest BCUT2D eigenvalue weighted by molar-refractivity contribution is 4.93. The maximum Gasteiger partial charge on any atom is 0.137 e. The van der Waals surface area contributed by atoms with Crippen molar-refractivity contribution in [1.82, 2.24) is 14.8 Å². The van der Waals surface area contributed by atoms with Gasteiger partial charge in [-0.2, -0.15) is 5.10 Å². The molecule has 4 nitrogen and oxygen atoms in total. The quantitative estimate of drug-likeness (QED) is 0.838. The number of rotatable bonds is 7. The van der Waals surface area contributed by atoms with E-state index < -0.39 is 30.4 Å². The monoisotopic (exact) mass is 315 g/mol. The van der Waals surface area contributed by atoms with Crippen molar-refractivity contribution in [3.8, 4) is 0 Å². The van der Waals surface area contributed by atoms with Crippen LogP contribution >= 0.6 is 0 Å². The number of hydrogen-bond donors (Lipinski definition) is 1. The summed E-state index contributed by atoms with van der Waals surface area (Å²) in [5.41, 5.74) is -1.43. The van der Waals surface area contributed by atoms with Crippen LogP contribution in [0.5, 0.6) is 0 Å². The molecule has 1 aliphatic carbocycles. The first-order valence-corrected chi connectivity index (χ1v) is 8.21. The Morgan fingerprint density at radius 1 is 1.36 bits per heavy atom. The summed E-state index contributed by atoms with van der Waals surface area (Å²) >= 11 is 0. The predicted octanol–water partition coefficient (Wildman–Crippen LogP) is 3.48. The summed E-state index contributed by atoms with van der Waals surface area (Å²) in [6, 6.07) is -0.440. The molecule has 0 aromatic carbocycles. The summed E-state index contributed by atoms with van der Waals surface area (Å²) in [6.45, 7) is 1.87. The van der Waals surface area contributed by atoms with Gasteiger partial charge in [0.05, 0.1) is 17.6 Å². The Bertz CT molecular complexity index is 435. The third-order valence-electron chi connectivity index (χ3n) is 5.31. The van der Waals surface area contributed by atoms with Crippen molar-refractivity contribution in [3.63, 3.8) is 0 Å². The van der Waals surface area contributed by atoms with Gasteiger partial charge in [-0.05, 0) is 19.3 Å². The van der Waals surface area contributed by atoms with E-state index in [2.05, 4.69) is 10.1 Å². The lowest BCUT2D eigenvalue weighted by Crippen LogP contribution is -2.47. The Morgan fingerprint density at radius 3 is 2.55 bits per heavy atom. The average Bonchev–Trinajstić information content (AvgIpc) is 3.06. The molecule has 2 rings (SSSR count). The average molecular weight is 315 g/mol. The molecule has 4 unspecified atom stereocenters. The van der Waals surface area contributed by atoms with E-state index in [9.17, 15) is 13.9 Å². The zero-order chi connectivity index (χ0) is 16.2. The molecule has 1 aliphatic rings. The number of aliphatic hydroxyl groups is 1. The number of hydrogen-bond acceptors (Lipinski definition) is 3. The minimum Gasteiger partial charge on any atom is -0.390 e. The van der Waals surface area contributed by atoms with Gasteiger partial charge < -0.3 is 5.11 Å². The molecule has 1 aromatic heterocycles. The Morgan fingerprint density at radius 2 is 2.05 bits per heavy atom. The van der Waals surface area contributed by atoms with Crippen LogP contribution in [0.15, 0.2) is 12.7 Å². The molecule has 0 radical (unpaired) electrons. The highest BCUT2D eigenvalue weighted by Crippen LogP contribution is 2.39. The summed E-state index contributed by atoms with van der Waals surface area (Å²) in [5.74, 6) is 0.469. The fourth-order valence-electron chi connectivity index (χ4n) is 3.39. The minimum absolute atomic E-state index is 0.440. The third-order valence-corrected chi connectivity index (χ3v) is 5.31. The second kappa shape index (κ2) is 7.49. The van der Waals surface area contributed by atoms with Crippen LogP contribution in [0.1, 0.15) is 58.4 Å². The fraction of sp³-hybridized carbons (Fsp3) is 0.875. The molecule has 0 bridgehead atoms. The van der Waals surface area contributed by atoms with Gasteiger partial charge in [0.25, 0.3) is 0 Å². The van der Waals surface area contributed by atoms with Crippen molar-refractivity contribution >= 4 is 0 Å². The van der Waals surface area contributed by atoms with Gasteiger partial charge >= 0.3 is 0 Å². The normalized spacial score (nSPS) is 23.7. The molecule has 4 atom stereocenters. The molecule has 1 N–H and O–H groups in total. The number of aromatic nitrogens is 3. The van der Waals surface area contributed by atoms with Crippen molar-refractivity contribution < 1.29 is 13.9 Å². The summed E-state index contributed by atoms with van der Waals surface area (Å²) < 4.78 is 29.0. The van der Waals surface area contributed by atoms with E-state index in [-0.39, 0.29) is 0 Å². The molecule has 0 amide bonds. The Balaban J connectivity index is 2.20. The molecular formula is C16H27F2N3O. The van der Waals surface area contributed by atoms with Crippen LogP contribution in [0, 0.1) is 11.3 Å². The molecular weight excluding hydrogens is 288 g/mol. The standard InChI is InChI=1S/C16H27F2N3O/c1-12(18)16(2,9-17)15(22)14(21-11-19-10-20-21)8-13-6-4-3-5-7-13/h10-15,22H,3-9H2,1-2H3. The molecule has 1 saturated carbocycles. The van der Waals surface area contributed by atoms with Crippen LogP contribution in [0.3, 0.4) is 0 Å². The molecule has 1 heterocycles. The first-order chi connectivity index (χ1) is 10.5. The molecule has 6 heteroatoms. The SMILES string of the molecule is CC(F)C(C)(CF)C(O)C(CC1CCCCC1)n1cncn1. The fourth-order valence-corrected chi connectivity index (χ4v) is 3.39. The van der Waals surface area contributed by atoms with Gasteiger partial charge in [0.15, 0.2) is 0 Å². The highest BCUT2D eigenvalue weighted by Gasteiger charge is 2.44. The Hall–Kier alpha value is -1.04. The number of alkyl halides is 2. The zero-order valence-electron chi connectivity index (χ0n) is 13.5. The topological polar surface area (TPSA) is 50.9 Å². The summed E-state index contributed by atoms with van der Waals surface area (Å²) in [7, 11) is 0. The van der Waals surface area contributed by atoms with Crippen LogP contribution in [0.2, 0.25) is 0 Å². The van der Waals surface area contributed by atoms with E-state index in [1.807, 2.05) is 0 Å². The summed E-state index contributed by atoms with van der Waals surface area (Å²) in [4.78, 5) is 3.92. The van der Waals surface area contributed by atoms with E-state index >= 15 is 0 Å². The van der Waals surface area contributed by atoms with Gasteiger partial charge in [0.2, 0.25) is 0 Å². The van der Waals surface area contributed by atoms with Crippen molar-refractivity contribution in [2.45, 2.75) is 70.7 Å². The first kappa shape index (κ1) is 17.3. The lowest BCUT2D eigenvalue weighted by molar-refractivity contribution is -0.0674. The minimum atomic E-state index is -1.44. The van der Waals surface area contributed by atoms with Gasteiger partial charge in [-0.1, -0.05) is 39.0 Å². The molecule has 1 fully saturated rings. The second-order valence-electron chi connectivity index (χ2n) is 6.88. The van der Waals surface area contributed by atoms with Crippen molar-refractivity contribution in [2.75, 3.05) is 6.67 Å². The van der Waals surface area contributed by atoms with Gasteiger partial charge in [-0.25, -0.2) is 14.1 Å². The third kappa shape index (κ3) is 3.65.